The average Bonchev–Trinajstić information content (AvgIpc) is 3.05. The summed E-state index contributed by atoms with van der Waals surface area (Å²) in [6.45, 7) is 5.57. The zero-order valence-electron chi connectivity index (χ0n) is 16.6. The number of carbonyl (C=O) groups is 1. The Morgan fingerprint density at radius 2 is 2.07 bits per heavy atom. The molecule has 0 aromatic carbocycles. The smallest absolute Gasteiger partial charge is 0.407 e. The fourth-order valence-corrected chi connectivity index (χ4v) is 3.92. The lowest BCUT2D eigenvalue weighted by atomic mass is 10.2. The number of fused-ring (bicyclic) bond motifs is 1. The van der Waals surface area contributed by atoms with Crippen LogP contribution in [0.15, 0.2) is 23.4 Å². The highest BCUT2D eigenvalue weighted by Gasteiger charge is 2.28. The maximum Gasteiger partial charge on any atom is 0.407 e. The van der Waals surface area contributed by atoms with E-state index >= 15 is 0 Å². The van der Waals surface area contributed by atoms with Crippen LogP contribution in [0.25, 0.3) is 10.8 Å². The van der Waals surface area contributed by atoms with Gasteiger partial charge in [0.25, 0.3) is 0 Å². The summed E-state index contributed by atoms with van der Waals surface area (Å²) in [5, 5.41) is 18.2. The summed E-state index contributed by atoms with van der Waals surface area (Å²) < 4.78 is 5.33. The van der Waals surface area contributed by atoms with Gasteiger partial charge in [0.1, 0.15) is 28.2 Å². The highest BCUT2D eigenvalue weighted by Crippen LogP contribution is 2.28. The van der Waals surface area contributed by atoms with Gasteiger partial charge in [-0.25, -0.2) is 14.8 Å². The van der Waals surface area contributed by atoms with Crippen LogP contribution in [0.3, 0.4) is 0 Å². The molecular formula is C20H25N5O2S. The Labute approximate surface area is 169 Å². The molecule has 3 rings (SSSR count). The van der Waals surface area contributed by atoms with Gasteiger partial charge in [-0.1, -0.05) is 0 Å². The SMILES string of the molecule is CSc1nc(C#N)cc2cnc(N[C@H]3CC[C@H](NC(=O)OC(C)(C)C)C3)cc12. The van der Waals surface area contributed by atoms with Crippen molar-refractivity contribution in [1.82, 2.24) is 15.3 Å². The van der Waals surface area contributed by atoms with Crippen molar-refractivity contribution in [3.05, 3.63) is 24.0 Å². The molecule has 2 N–H and O–H groups in total. The molecule has 148 valence electrons. The summed E-state index contributed by atoms with van der Waals surface area (Å²) in [5.41, 5.74) is -0.102. The summed E-state index contributed by atoms with van der Waals surface area (Å²) in [4.78, 5) is 20.8. The Hall–Kier alpha value is -2.53. The first kappa shape index (κ1) is 20.2. The Morgan fingerprint density at radius 3 is 2.75 bits per heavy atom. The Bertz CT molecular complexity index is 919. The number of aromatic nitrogens is 2. The van der Waals surface area contributed by atoms with Crippen molar-refractivity contribution in [2.75, 3.05) is 11.6 Å². The van der Waals surface area contributed by atoms with Crippen molar-refractivity contribution >= 4 is 34.4 Å². The van der Waals surface area contributed by atoms with Crippen molar-refractivity contribution in [3.8, 4) is 6.07 Å². The predicted molar refractivity (Wildman–Crippen MR) is 110 cm³/mol. The third-order valence-electron chi connectivity index (χ3n) is 4.49. The van der Waals surface area contributed by atoms with E-state index in [0.29, 0.717) is 5.69 Å². The minimum Gasteiger partial charge on any atom is -0.444 e. The molecular weight excluding hydrogens is 374 g/mol. The number of hydrogen-bond donors (Lipinski definition) is 2. The van der Waals surface area contributed by atoms with Gasteiger partial charge in [-0.3, -0.25) is 0 Å². The van der Waals surface area contributed by atoms with Gasteiger partial charge in [-0.15, -0.1) is 11.8 Å². The second kappa shape index (κ2) is 8.23. The number of alkyl carbamates (subject to hydrolysis) is 1. The second-order valence-corrected chi connectivity index (χ2v) is 8.71. The van der Waals surface area contributed by atoms with E-state index in [9.17, 15) is 4.79 Å². The van der Waals surface area contributed by atoms with Gasteiger partial charge < -0.3 is 15.4 Å². The van der Waals surface area contributed by atoms with Crippen LogP contribution < -0.4 is 10.6 Å². The molecule has 1 fully saturated rings. The van der Waals surface area contributed by atoms with E-state index in [4.69, 9.17) is 10.00 Å². The van der Waals surface area contributed by atoms with Crippen molar-refractivity contribution in [1.29, 1.82) is 5.26 Å². The molecule has 1 aliphatic carbocycles. The topological polar surface area (TPSA) is 99.9 Å². The Morgan fingerprint density at radius 1 is 1.32 bits per heavy atom. The number of carbonyl (C=O) groups excluding carboxylic acids is 1. The van der Waals surface area contributed by atoms with Gasteiger partial charge in [0.2, 0.25) is 0 Å². The van der Waals surface area contributed by atoms with Gasteiger partial charge in [-0.05, 0) is 58.4 Å². The van der Waals surface area contributed by atoms with Gasteiger partial charge in [0.15, 0.2) is 0 Å². The lowest BCUT2D eigenvalue weighted by molar-refractivity contribution is 0.0505. The lowest BCUT2D eigenvalue weighted by Gasteiger charge is -2.22. The van der Waals surface area contributed by atoms with Gasteiger partial charge in [0.05, 0.1) is 0 Å². The summed E-state index contributed by atoms with van der Waals surface area (Å²) in [7, 11) is 0. The van der Waals surface area contributed by atoms with Crippen LogP contribution in [0.5, 0.6) is 0 Å². The van der Waals surface area contributed by atoms with Crippen LogP contribution in [-0.2, 0) is 4.74 Å². The highest BCUT2D eigenvalue weighted by molar-refractivity contribution is 7.98. The van der Waals surface area contributed by atoms with Crippen LogP contribution in [0.1, 0.15) is 45.7 Å². The number of nitrogens with zero attached hydrogens (tertiary/aromatic N) is 3. The van der Waals surface area contributed by atoms with E-state index in [1.807, 2.05) is 33.1 Å². The molecule has 0 aliphatic heterocycles. The average molecular weight is 400 g/mol. The molecule has 2 aromatic heterocycles. The first-order valence-electron chi connectivity index (χ1n) is 9.28. The van der Waals surface area contributed by atoms with Crippen molar-refractivity contribution < 1.29 is 9.53 Å². The van der Waals surface area contributed by atoms with E-state index in [1.54, 1.807) is 12.3 Å². The second-order valence-electron chi connectivity index (χ2n) is 7.92. The number of amides is 1. The van der Waals surface area contributed by atoms with Crippen molar-refractivity contribution in [2.24, 2.45) is 0 Å². The molecule has 2 atom stereocenters. The molecule has 1 saturated carbocycles. The molecule has 8 heteroatoms. The van der Waals surface area contributed by atoms with E-state index in [-0.39, 0.29) is 18.2 Å². The summed E-state index contributed by atoms with van der Waals surface area (Å²) in [6, 6.07) is 6.14. The van der Waals surface area contributed by atoms with E-state index in [0.717, 1.165) is 40.9 Å². The van der Waals surface area contributed by atoms with Crippen LogP contribution in [-0.4, -0.2) is 40.0 Å². The zero-order valence-corrected chi connectivity index (χ0v) is 17.4. The molecule has 7 nitrogen and oxygen atoms in total. The van der Waals surface area contributed by atoms with E-state index < -0.39 is 5.60 Å². The Balaban J connectivity index is 1.65. The number of pyridine rings is 2. The maximum absolute atomic E-state index is 12.0. The standard InChI is InChI=1S/C20H25N5O2S/c1-20(2,3)27-19(26)25-14-6-5-13(8-14)23-17-9-16-12(11-22-17)7-15(10-21)24-18(16)28-4/h7,9,11,13-14H,5-6,8H2,1-4H3,(H,22,23)(H,25,26)/t13-,14-/m0/s1. The minimum absolute atomic E-state index is 0.0921. The molecule has 0 saturated heterocycles. The molecule has 2 aromatic rings. The minimum atomic E-state index is -0.496. The number of nitriles is 1. The summed E-state index contributed by atoms with van der Waals surface area (Å²) in [5.74, 6) is 0.775. The maximum atomic E-state index is 12.0. The third-order valence-corrected chi connectivity index (χ3v) is 5.19. The van der Waals surface area contributed by atoms with Crippen molar-refractivity contribution in [3.63, 3.8) is 0 Å². The van der Waals surface area contributed by atoms with Crippen LogP contribution in [0.4, 0.5) is 10.6 Å². The number of nitrogens with one attached hydrogen (secondary N) is 2. The Kier molecular flexibility index (Phi) is 5.94. The van der Waals surface area contributed by atoms with Gasteiger partial charge >= 0.3 is 6.09 Å². The molecule has 28 heavy (non-hydrogen) atoms. The van der Waals surface area contributed by atoms with E-state index in [1.165, 1.54) is 11.8 Å². The fourth-order valence-electron chi connectivity index (χ4n) is 3.33. The number of rotatable bonds is 4. The monoisotopic (exact) mass is 399 g/mol. The molecule has 0 bridgehead atoms. The summed E-state index contributed by atoms with van der Waals surface area (Å²) in [6.07, 6.45) is 6.01. The van der Waals surface area contributed by atoms with E-state index in [2.05, 4.69) is 26.7 Å². The molecule has 0 spiro atoms. The molecule has 1 amide bonds. The van der Waals surface area contributed by atoms with Crippen molar-refractivity contribution in [2.45, 2.75) is 62.7 Å². The summed E-state index contributed by atoms with van der Waals surface area (Å²) >= 11 is 1.51. The fraction of sp³-hybridized carbons (Fsp3) is 0.500. The lowest BCUT2D eigenvalue weighted by Crippen LogP contribution is -2.38. The third kappa shape index (κ3) is 5.04. The highest BCUT2D eigenvalue weighted by atomic mass is 32.2. The number of ether oxygens (including phenoxy) is 1. The predicted octanol–water partition coefficient (Wildman–Crippen LogP) is 4.08. The molecule has 0 unspecified atom stereocenters. The van der Waals surface area contributed by atoms with Crippen LogP contribution in [0.2, 0.25) is 0 Å². The molecule has 1 aliphatic rings. The first-order chi connectivity index (χ1) is 13.3. The quantitative estimate of drug-likeness (QED) is 0.747. The number of hydrogen-bond acceptors (Lipinski definition) is 7. The zero-order chi connectivity index (χ0) is 20.3. The molecule has 0 radical (unpaired) electrons. The normalized spacial score (nSPS) is 19.2. The first-order valence-corrected chi connectivity index (χ1v) is 10.5. The molecule has 2 heterocycles. The number of thioether (sulfide) groups is 1. The number of anilines is 1. The largest absolute Gasteiger partial charge is 0.444 e. The van der Waals surface area contributed by atoms with Crippen LogP contribution in [0, 0.1) is 11.3 Å². The van der Waals surface area contributed by atoms with Gasteiger partial charge in [-0.2, -0.15) is 5.26 Å². The van der Waals surface area contributed by atoms with Crippen LogP contribution >= 0.6 is 11.8 Å². The van der Waals surface area contributed by atoms with Gasteiger partial charge in [0, 0.05) is 29.1 Å².